The van der Waals surface area contributed by atoms with E-state index in [2.05, 4.69) is 12.2 Å². The van der Waals surface area contributed by atoms with Crippen molar-refractivity contribution >= 4 is 57.4 Å². The molecule has 0 atom stereocenters. The van der Waals surface area contributed by atoms with Crippen molar-refractivity contribution in [2.24, 2.45) is 0 Å². The van der Waals surface area contributed by atoms with Crippen LogP contribution < -0.4 is 5.32 Å². The van der Waals surface area contributed by atoms with Gasteiger partial charge in [0.05, 0.1) is 33.4 Å². The van der Waals surface area contributed by atoms with Crippen molar-refractivity contribution in [3.8, 4) is 0 Å². The molecular weight excluding hydrogens is 369 g/mol. The molecule has 0 aliphatic rings. The second-order valence-corrected chi connectivity index (χ2v) is 6.64. The normalized spacial score (nSPS) is 11.0. The van der Waals surface area contributed by atoms with Crippen LogP contribution in [0.15, 0.2) is 41.0 Å². The van der Waals surface area contributed by atoms with Crippen LogP contribution in [-0.2, 0) is 17.6 Å². The summed E-state index contributed by atoms with van der Waals surface area (Å²) in [6, 6.07) is 9.03. The second-order valence-electron chi connectivity index (χ2n) is 5.42. The van der Waals surface area contributed by atoms with Crippen LogP contribution in [0, 0.1) is 0 Å². The van der Waals surface area contributed by atoms with Crippen LogP contribution in [0.4, 0.5) is 5.69 Å². The molecule has 1 amide bonds. The Morgan fingerprint density at radius 1 is 1.08 bits per heavy atom. The van der Waals surface area contributed by atoms with Crippen molar-refractivity contribution < 1.29 is 9.21 Å². The van der Waals surface area contributed by atoms with Crippen LogP contribution in [0.25, 0.3) is 11.0 Å². The average Bonchev–Trinajstić information content (AvgIpc) is 2.94. The summed E-state index contributed by atoms with van der Waals surface area (Å²) in [5.41, 5.74) is 3.22. The van der Waals surface area contributed by atoms with Gasteiger partial charge in [-0.2, -0.15) is 0 Å². The van der Waals surface area contributed by atoms with Crippen LogP contribution in [0.5, 0.6) is 0 Å². The van der Waals surface area contributed by atoms with Crippen molar-refractivity contribution in [3.63, 3.8) is 0 Å². The lowest BCUT2D eigenvalue weighted by Crippen LogP contribution is -2.14. The number of halogens is 3. The van der Waals surface area contributed by atoms with Crippen LogP contribution in [0.1, 0.15) is 18.1 Å². The van der Waals surface area contributed by atoms with Crippen molar-refractivity contribution in [2.45, 2.75) is 19.8 Å². The number of carbonyl (C=O) groups is 1. The standard InChI is InChI=1S/C18H14Cl3NO2/c1-2-10-3-4-17-12(5-10)11(9-24-17)6-18(23)22-16-8-14(20)13(19)7-15(16)21/h3-5,7-9H,2,6H2,1H3,(H,22,23). The number of nitrogens with one attached hydrogen (secondary N) is 1. The Hall–Kier alpha value is -1.68. The number of hydrogen-bond donors (Lipinski definition) is 1. The highest BCUT2D eigenvalue weighted by atomic mass is 35.5. The average molecular weight is 383 g/mol. The highest BCUT2D eigenvalue weighted by Crippen LogP contribution is 2.32. The van der Waals surface area contributed by atoms with Gasteiger partial charge in [0.25, 0.3) is 0 Å². The molecule has 0 saturated heterocycles. The predicted molar refractivity (Wildman–Crippen MR) is 99.4 cm³/mol. The lowest BCUT2D eigenvalue weighted by molar-refractivity contribution is -0.115. The monoisotopic (exact) mass is 381 g/mol. The summed E-state index contributed by atoms with van der Waals surface area (Å²) >= 11 is 17.9. The zero-order valence-corrected chi connectivity index (χ0v) is 15.1. The Morgan fingerprint density at radius 3 is 2.58 bits per heavy atom. The maximum Gasteiger partial charge on any atom is 0.228 e. The fourth-order valence-electron chi connectivity index (χ4n) is 2.47. The van der Waals surface area contributed by atoms with E-state index in [9.17, 15) is 4.79 Å². The van der Waals surface area contributed by atoms with E-state index in [1.54, 1.807) is 6.26 Å². The first kappa shape index (κ1) is 17.2. The van der Waals surface area contributed by atoms with E-state index in [1.165, 1.54) is 17.7 Å². The van der Waals surface area contributed by atoms with Crippen molar-refractivity contribution in [1.29, 1.82) is 0 Å². The number of carbonyl (C=O) groups excluding carboxylic acids is 1. The van der Waals surface area contributed by atoms with Gasteiger partial charge in [-0.25, -0.2) is 0 Å². The number of aryl methyl sites for hydroxylation is 1. The molecule has 3 nitrogen and oxygen atoms in total. The predicted octanol–water partition coefficient (Wildman–Crippen LogP) is 6.14. The van der Waals surface area contributed by atoms with E-state index in [0.717, 1.165) is 23.0 Å². The zero-order valence-electron chi connectivity index (χ0n) is 12.8. The number of furan rings is 1. The molecule has 0 aliphatic carbocycles. The maximum atomic E-state index is 12.3. The largest absolute Gasteiger partial charge is 0.464 e. The molecule has 2 aromatic carbocycles. The number of rotatable bonds is 4. The summed E-state index contributed by atoms with van der Waals surface area (Å²) in [6.07, 6.45) is 2.71. The summed E-state index contributed by atoms with van der Waals surface area (Å²) in [4.78, 5) is 12.3. The minimum atomic E-state index is -0.208. The van der Waals surface area contributed by atoms with Crippen LogP contribution in [0.2, 0.25) is 15.1 Å². The van der Waals surface area contributed by atoms with Gasteiger partial charge in [-0.05, 0) is 36.2 Å². The molecule has 6 heteroatoms. The van der Waals surface area contributed by atoms with E-state index in [0.29, 0.717) is 20.8 Å². The summed E-state index contributed by atoms with van der Waals surface area (Å²) < 4.78 is 5.51. The molecule has 0 fully saturated rings. The van der Waals surface area contributed by atoms with E-state index < -0.39 is 0 Å². The van der Waals surface area contributed by atoms with Gasteiger partial charge in [0.2, 0.25) is 5.91 Å². The third-order valence-electron chi connectivity index (χ3n) is 3.76. The molecule has 0 saturated carbocycles. The summed E-state index contributed by atoms with van der Waals surface area (Å²) in [7, 11) is 0. The number of benzene rings is 2. The summed E-state index contributed by atoms with van der Waals surface area (Å²) in [5, 5.41) is 4.71. The van der Waals surface area contributed by atoms with Gasteiger partial charge in [0, 0.05) is 10.9 Å². The minimum Gasteiger partial charge on any atom is -0.464 e. The Morgan fingerprint density at radius 2 is 1.83 bits per heavy atom. The highest BCUT2D eigenvalue weighted by molar-refractivity contribution is 6.44. The topological polar surface area (TPSA) is 42.2 Å². The Kier molecular flexibility index (Phi) is 5.04. The molecule has 124 valence electrons. The lowest BCUT2D eigenvalue weighted by atomic mass is 10.1. The quantitative estimate of drug-likeness (QED) is 0.551. The summed E-state index contributed by atoms with van der Waals surface area (Å²) in [5.74, 6) is -0.208. The molecule has 24 heavy (non-hydrogen) atoms. The molecule has 0 spiro atoms. The molecule has 0 unspecified atom stereocenters. The van der Waals surface area contributed by atoms with E-state index in [4.69, 9.17) is 39.2 Å². The zero-order chi connectivity index (χ0) is 17.3. The van der Waals surface area contributed by atoms with Crippen LogP contribution >= 0.6 is 34.8 Å². The molecule has 0 radical (unpaired) electrons. The van der Waals surface area contributed by atoms with Crippen LogP contribution in [0.3, 0.4) is 0 Å². The Balaban J connectivity index is 1.81. The molecule has 3 aromatic rings. The van der Waals surface area contributed by atoms with Gasteiger partial charge in [-0.3, -0.25) is 4.79 Å². The van der Waals surface area contributed by atoms with Crippen molar-refractivity contribution in [1.82, 2.24) is 0 Å². The Labute approximate surface area is 154 Å². The molecule has 0 aliphatic heterocycles. The molecule has 1 aromatic heterocycles. The first-order valence-corrected chi connectivity index (χ1v) is 8.54. The SMILES string of the molecule is CCc1ccc2occ(CC(=O)Nc3cc(Cl)c(Cl)cc3Cl)c2c1. The van der Waals surface area contributed by atoms with Gasteiger partial charge in [-0.15, -0.1) is 0 Å². The lowest BCUT2D eigenvalue weighted by Gasteiger charge is -2.08. The van der Waals surface area contributed by atoms with E-state index >= 15 is 0 Å². The molecule has 1 heterocycles. The molecule has 3 rings (SSSR count). The van der Waals surface area contributed by atoms with Crippen molar-refractivity contribution in [3.05, 3.63) is 62.8 Å². The number of hydrogen-bond acceptors (Lipinski definition) is 2. The first-order chi connectivity index (χ1) is 11.5. The van der Waals surface area contributed by atoms with Gasteiger partial charge in [-0.1, -0.05) is 47.8 Å². The fraction of sp³-hybridized carbons (Fsp3) is 0.167. The van der Waals surface area contributed by atoms with Gasteiger partial charge in [0.1, 0.15) is 5.58 Å². The summed E-state index contributed by atoms with van der Waals surface area (Å²) in [6.45, 7) is 2.08. The van der Waals surface area contributed by atoms with Gasteiger partial charge < -0.3 is 9.73 Å². The first-order valence-electron chi connectivity index (χ1n) is 7.41. The number of fused-ring (bicyclic) bond motifs is 1. The Bertz CT molecular complexity index is 918. The maximum absolute atomic E-state index is 12.3. The van der Waals surface area contributed by atoms with Crippen molar-refractivity contribution in [2.75, 3.05) is 5.32 Å². The number of anilines is 1. The molecule has 0 bridgehead atoms. The third kappa shape index (κ3) is 3.54. The molecular formula is C18H14Cl3NO2. The smallest absolute Gasteiger partial charge is 0.228 e. The van der Waals surface area contributed by atoms with Gasteiger partial charge in [0.15, 0.2) is 0 Å². The fourth-order valence-corrected chi connectivity index (χ4v) is 3.07. The van der Waals surface area contributed by atoms with Crippen LogP contribution in [-0.4, -0.2) is 5.91 Å². The third-order valence-corrected chi connectivity index (χ3v) is 4.80. The second kappa shape index (κ2) is 7.06. The number of amides is 1. The molecule has 1 N–H and O–H groups in total. The van der Waals surface area contributed by atoms with Gasteiger partial charge >= 0.3 is 0 Å². The van der Waals surface area contributed by atoms with E-state index in [-0.39, 0.29) is 12.3 Å². The highest BCUT2D eigenvalue weighted by Gasteiger charge is 2.13. The van der Waals surface area contributed by atoms with E-state index in [1.807, 2.05) is 18.2 Å². The minimum absolute atomic E-state index is 0.177.